The molecule has 6 heteroatoms. The molecule has 0 saturated carbocycles. The number of ketones is 1. The van der Waals surface area contributed by atoms with Crippen molar-refractivity contribution in [2.45, 2.75) is 25.7 Å². The van der Waals surface area contributed by atoms with E-state index < -0.39 is 0 Å². The highest BCUT2D eigenvalue weighted by Gasteiger charge is 2.22. The molecule has 0 radical (unpaired) electrons. The van der Waals surface area contributed by atoms with Gasteiger partial charge in [0.2, 0.25) is 0 Å². The molecule has 0 aliphatic carbocycles. The first-order chi connectivity index (χ1) is 19.2. The van der Waals surface area contributed by atoms with Crippen molar-refractivity contribution in [3.63, 3.8) is 0 Å². The lowest BCUT2D eigenvalue weighted by atomic mass is 9.97. The maximum absolute atomic E-state index is 13.9. The number of fused-ring (bicyclic) bond motifs is 1. The molecule has 5 nitrogen and oxygen atoms in total. The Labute approximate surface area is 235 Å². The number of hydrogen-bond acceptors (Lipinski definition) is 6. The molecule has 3 heterocycles. The summed E-state index contributed by atoms with van der Waals surface area (Å²) in [6.07, 6.45) is 5.16. The van der Waals surface area contributed by atoms with Gasteiger partial charge in [-0.3, -0.25) is 14.6 Å². The molecule has 2 aliphatic rings. The van der Waals surface area contributed by atoms with Gasteiger partial charge in [-0.1, -0.05) is 18.2 Å². The van der Waals surface area contributed by atoms with Crippen LogP contribution in [0.2, 0.25) is 0 Å². The Morgan fingerprint density at radius 3 is 1.82 bits per heavy atom. The molecule has 0 atom stereocenters. The summed E-state index contributed by atoms with van der Waals surface area (Å²) in [4.78, 5) is 19.8. The first kappa shape index (κ1) is 26.1. The van der Waals surface area contributed by atoms with Gasteiger partial charge in [0.25, 0.3) is 0 Å². The van der Waals surface area contributed by atoms with Crippen molar-refractivity contribution in [3.8, 4) is 21.9 Å². The van der Waals surface area contributed by atoms with Crippen molar-refractivity contribution in [3.05, 3.63) is 83.9 Å². The van der Waals surface area contributed by atoms with Crippen LogP contribution < -0.4 is 9.47 Å². The number of carbonyl (C=O) groups is 1. The minimum atomic E-state index is 0.0389. The normalized spacial score (nSPS) is 16.2. The number of carbonyl (C=O) groups excluding carboxylic acids is 1. The topological polar surface area (TPSA) is 42.0 Å². The Morgan fingerprint density at radius 1 is 0.692 bits per heavy atom. The van der Waals surface area contributed by atoms with Crippen LogP contribution in [0.3, 0.4) is 0 Å². The van der Waals surface area contributed by atoms with Gasteiger partial charge in [0.1, 0.15) is 24.7 Å². The van der Waals surface area contributed by atoms with Gasteiger partial charge in [-0.2, -0.15) is 0 Å². The third kappa shape index (κ3) is 6.19. The maximum atomic E-state index is 13.9. The van der Waals surface area contributed by atoms with Crippen molar-refractivity contribution < 1.29 is 14.3 Å². The summed E-state index contributed by atoms with van der Waals surface area (Å²) in [5.74, 6) is 1.71. The van der Waals surface area contributed by atoms with Crippen LogP contribution in [0.5, 0.6) is 11.5 Å². The highest BCUT2D eigenvalue weighted by Crippen LogP contribution is 2.40. The van der Waals surface area contributed by atoms with E-state index in [2.05, 4.69) is 28.0 Å². The Morgan fingerprint density at radius 2 is 1.23 bits per heavy atom. The van der Waals surface area contributed by atoms with E-state index in [1.54, 1.807) is 11.3 Å². The average Bonchev–Trinajstić information content (AvgIpc) is 3.75. The minimum Gasteiger partial charge on any atom is -0.492 e. The van der Waals surface area contributed by atoms with Gasteiger partial charge in [0.05, 0.1) is 0 Å². The average molecular weight is 541 g/mol. The third-order valence-corrected chi connectivity index (χ3v) is 9.03. The summed E-state index contributed by atoms with van der Waals surface area (Å²) in [7, 11) is 0. The number of hydrogen-bond donors (Lipinski definition) is 0. The van der Waals surface area contributed by atoms with Crippen LogP contribution in [0.25, 0.3) is 20.5 Å². The van der Waals surface area contributed by atoms with Crippen LogP contribution in [0.4, 0.5) is 0 Å². The zero-order chi connectivity index (χ0) is 26.4. The quantitative estimate of drug-likeness (QED) is 0.197. The van der Waals surface area contributed by atoms with Gasteiger partial charge in [-0.25, -0.2) is 0 Å². The molecule has 2 saturated heterocycles. The van der Waals surface area contributed by atoms with Gasteiger partial charge >= 0.3 is 0 Å². The van der Waals surface area contributed by atoms with Gasteiger partial charge in [0.15, 0.2) is 5.78 Å². The van der Waals surface area contributed by atoms with Crippen LogP contribution in [0, 0.1) is 0 Å². The molecule has 3 aromatic carbocycles. The summed E-state index contributed by atoms with van der Waals surface area (Å²) >= 11 is 1.67. The molecule has 0 unspecified atom stereocenters. The number of rotatable bonds is 11. The van der Waals surface area contributed by atoms with Crippen LogP contribution in [-0.4, -0.2) is 68.1 Å². The van der Waals surface area contributed by atoms with E-state index in [1.807, 2.05) is 54.6 Å². The van der Waals surface area contributed by atoms with E-state index >= 15 is 0 Å². The summed E-state index contributed by atoms with van der Waals surface area (Å²) < 4.78 is 13.1. The Hall–Kier alpha value is -3.19. The number of nitrogens with zero attached hydrogens (tertiary/aromatic N) is 2. The molecule has 6 rings (SSSR count). The fraction of sp³-hybridized carbons (Fsp3) is 0.364. The largest absolute Gasteiger partial charge is 0.492 e. The zero-order valence-electron chi connectivity index (χ0n) is 22.4. The molecule has 1 aromatic heterocycles. The van der Waals surface area contributed by atoms with Crippen molar-refractivity contribution in [2.75, 3.05) is 52.5 Å². The number of likely N-dealkylation sites (tertiary alicyclic amines) is 2. The van der Waals surface area contributed by atoms with E-state index in [0.717, 1.165) is 50.7 Å². The number of ether oxygens (including phenoxy) is 2. The highest BCUT2D eigenvalue weighted by molar-refractivity contribution is 7.22. The molecule has 0 bridgehead atoms. The minimum absolute atomic E-state index is 0.0389. The molecule has 0 N–H and O–H groups in total. The zero-order valence-corrected chi connectivity index (χ0v) is 23.3. The van der Waals surface area contributed by atoms with Crippen LogP contribution in [0.1, 0.15) is 41.6 Å². The Balaban J connectivity index is 1.17. The van der Waals surface area contributed by atoms with Crippen LogP contribution >= 0.6 is 11.3 Å². The molecule has 2 aliphatic heterocycles. The first-order valence-corrected chi connectivity index (χ1v) is 15.0. The predicted octanol–water partition coefficient (Wildman–Crippen LogP) is 6.75. The molecule has 0 spiro atoms. The lowest BCUT2D eigenvalue weighted by Gasteiger charge is -2.15. The molecular formula is C33H36N2O3S. The smallest absolute Gasteiger partial charge is 0.195 e. The molecule has 2 fully saturated rings. The fourth-order valence-electron chi connectivity index (χ4n) is 5.62. The van der Waals surface area contributed by atoms with Crippen molar-refractivity contribution in [1.29, 1.82) is 0 Å². The summed E-state index contributed by atoms with van der Waals surface area (Å²) in [5.41, 5.74) is 2.47. The Kier molecular flexibility index (Phi) is 8.24. The van der Waals surface area contributed by atoms with E-state index in [9.17, 15) is 4.79 Å². The number of thiophene rings is 1. The molecule has 4 aromatic rings. The fourth-order valence-corrected chi connectivity index (χ4v) is 6.83. The van der Waals surface area contributed by atoms with Crippen molar-refractivity contribution in [2.24, 2.45) is 0 Å². The standard InChI is InChI=1S/C33H36N2O3S/c36-32(25-9-13-27(14-10-25)37-23-21-34-17-3-4-18-34)31-29-7-1-2-8-30(29)39-33(31)26-11-15-28(16-12-26)38-24-22-35-19-5-6-20-35/h1-2,7-16H,3-6,17-24H2. The second-order valence-corrected chi connectivity index (χ2v) is 11.5. The van der Waals surface area contributed by atoms with Crippen LogP contribution in [-0.2, 0) is 0 Å². The van der Waals surface area contributed by atoms with Gasteiger partial charge in [-0.15, -0.1) is 11.3 Å². The van der Waals surface area contributed by atoms with E-state index in [0.29, 0.717) is 18.8 Å². The number of benzene rings is 3. The van der Waals surface area contributed by atoms with E-state index in [-0.39, 0.29) is 5.78 Å². The maximum Gasteiger partial charge on any atom is 0.195 e. The molecule has 39 heavy (non-hydrogen) atoms. The summed E-state index contributed by atoms with van der Waals surface area (Å²) in [6.45, 7) is 7.99. The predicted molar refractivity (Wildman–Crippen MR) is 159 cm³/mol. The van der Waals surface area contributed by atoms with Crippen molar-refractivity contribution >= 4 is 27.2 Å². The summed E-state index contributed by atoms with van der Waals surface area (Å²) in [6, 6.07) is 24.0. The van der Waals surface area contributed by atoms with E-state index in [4.69, 9.17) is 9.47 Å². The molecular weight excluding hydrogens is 504 g/mol. The van der Waals surface area contributed by atoms with Gasteiger partial charge in [-0.05, 0) is 112 Å². The SMILES string of the molecule is O=C(c1ccc(OCCN2CCCC2)cc1)c1c(-c2ccc(OCCN3CCCC3)cc2)sc2ccccc12. The van der Waals surface area contributed by atoms with Gasteiger partial charge in [0, 0.05) is 39.2 Å². The monoisotopic (exact) mass is 540 g/mol. The van der Waals surface area contributed by atoms with Gasteiger partial charge < -0.3 is 9.47 Å². The van der Waals surface area contributed by atoms with Crippen LogP contribution in [0.15, 0.2) is 72.8 Å². The Bertz CT molecular complexity index is 1390. The lowest BCUT2D eigenvalue weighted by molar-refractivity contribution is 0.104. The first-order valence-electron chi connectivity index (χ1n) is 14.2. The summed E-state index contributed by atoms with van der Waals surface area (Å²) in [5, 5.41) is 0.999. The second-order valence-electron chi connectivity index (χ2n) is 10.5. The third-order valence-electron chi connectivity index (χ3n) is 7.81. The van der Waals surface area contributed by atoms with Crippen molar-refractivity contribution in [1.82, 2.24) is 9.80 Å². The molecule has 202 valence electrons. The van der Waals surface area contributed by atoms with E-state index in [1.165, 1.54) is 51.9 Å². The second kappa shape index (κ2) is 12.3. The highest BCUT2D eigenvalue weighted by atomic mass is 32.1. The molecule has 0 amide bonds. The lowest BCUT2D eigenvalue weighted by Crippen LogP contribution is -2.25.